The summed E-state index contributed by atoms with van der Waals surface area (Å²) >= 11 is 0. The topological polar surface area (TPSA) is 70.0 Å². The Morgan fingerprint density at radius 2 is 2.36 bits per heavy atom. The van der Waals surface area contributed by atoms with Crippen molar-refractivity contribution in [3.63, 3.8) is 0 Å². The molecule has 0 aromatic carbocycles. The highest BCUT2D eigenvalue weighted by molar-refractivity contribution is 5.69. The van der Waals surface area contributed by atoms with Gasteiger partial charge in [-0.2, -0.15) is 0 Å². The summed E-state index contributed by atoms with van der Waals surface area (Å²) < 4.78 is 0. The summed E-state index contributed by atoms with van der Waals surface area (Å²) in [6.45, 7) is 2.33. The van der Waals surface area contributed by atoms with Gasteiger partial charge in [0.15, 0.2) is 0 Å². The Kier molecular flexibility index (Phi) is 3.85. The molecule has 1 rings (SSSR count). The molecule has 0 radical (unpaired) electrons. The van der Waals surface area contributed by atoms with Gasteiger partial charge in [-0.25, -0.2) is 0 Å². The van der Waals surface area contributed by atoms with Crippen molar-refractivity contribution in [3.8, 4) is 0 Å². The third-order valence-electron chi connectivity index (χ3n) is 2.75. The third kappa shape index (κ3) is 2.68. The molecule has 1 aliphatic rings. The summed E-state index contributed by atoms with van der Waals surface area (Å²) in [6, 6.07) is 0.0207. The summed E-state index contributed by atoms with van der Waals surface area (Å²) in [5.74, 6) is -1.20. The normalized spacial score (nSPS) is 24.4. The maximum absolute atomic E-state index is 10.6. The zero-order valence-corrected chi connectivity index (χ0v) is 8.35. The van der Waals surface area contributed by atoms with Crippen molar-refractivity contribution in [1.82, 2.24) is 5.01 Å². The van der Waals surface area contributed by atoms with Crippen molar-refractivity contribution in [2.75, 3.05) is 6.54 Å². The molecule has 1 N–H and O–H groups in total. The Morgan fingerprint density at radius 3 is 2.93 bits per heavy atom. The summed E-state index contributed by atoms with van der Waals surface area (Å²) in [7, 11) is 0. The van der Waals surface area contributed by atoms with E-state index in [2.05, 4.69) is 5.29 Å². The zero-order chi connectivity index (χ0) is 10.6. The molecule has 14 heavy (non-hydrogen) atoms. The van der Waals surface area contributed by atoms with E-state index in [9.17, 15) is 9.70 Å². The van der Waals surface area contributed by atoms with Crippen LogP contribution >= 0.6 is 0 Å². The SMILES string of the molecule is CC(CC1CCCCN1N=O)C(=O)O. The van der Waals surface area contributed by atoms with Gasteiger partial charge in [0.25, 0.3) is 0 Å². The van der Waals surface area contributed by atoms with E-state index in [0.717, 1.165) is 19.3 Å². The van der Waals surface area contributed by atoms with Crippen LogP contribution in [0.15, 0.2) is 5.29 Å². The Balaban J connectivity index is 2.47. The van der Waals surface area contributed by atoms with E-state index in [1.165, 1.54) is 5.01 Å². The second-order valence-corrected chi connectivity index (χ2v) is 3.87. The van der Waals surface area contributed by atoms with Crippen LogP contribution in [0, 0.1) is 10.8 Å². The monoisotopic (exact) mass is 200 g/mol. The molecule has 0 spiro atoms. The lowest BCUT2D eigenvalue weighted by molar-refractivity contribution is -0.141. The van der Waals surface area contributed by atoms with Gasteiger partial charge in [-0.1, -0.05) is 6.92 Å². The quantitative estimate of drug-likeness (QED) is 0.700. The Morgan fingerprint density at radius 1 is 1.64 bits per heavy atom. The van der Waals surface area contributed by atoms with E-state index >= 15 is 0 Å². The van der Waals surface area contributed by atoms with Crippen LogP contribution in [0.25, 0.3) is 0 Å². The molecule has 0 amide bonds. The lowest BCUT2D eigenvalue weighted by Gasteiger charge is -2.31. The molecule has 0 bridgehead atoms. The first-order chi connectivity index (χ1) is 6.65. The van der Waals surface area contributed by atoms with Crippen molar-refractivity contribution in [1.29, 1.82) is 0 Å². The molecular weight excluding hydrogens is 184 g/mol. The van der Waals surface area contributed by atoms with Crippen molar-refractivity contribution < 1.29 is 9.90 Å². The maximum Gasteiger partial charge on any atom is 0.306 e. The fourth-order valence-corrected chi connectivity index (χ4v) is 1.84. The van der Waals surface area contributed by atoms with E-state index < -0.39 is 11.9 Å². The number of aliphatic carboxylic acids is 1. The number of hydrogen-bond acceptors (Lipinski definition) is 3. The molecule has 0 aromatic rings. The molecule has 1 fully saturated rings. The third-order valence-corrected chi connectivity index (χ3v) is 2.75. The van der Waals surface area contributed by atoms with Crippen LogP contribution in [0.3, 0.4) is 0 Å². The highest BCUT2D eigenvalue weighted by Gasteiger charge is 2.26. The lowest BCUT2D eigenvalue weighted by Crippen LogP contribution is -2.37. The van der Waals surface area contributed by atoms with Gasteiger partial charge in [0, 0.05) is 6.54 Å². The number of carboxylic acids is 1. The Hall–Kier alpha value is -1.13. The molecule has 0 saturated carbocycles. The lowest BCUT2D eigenvalue weighted by atomic mass is 9.94. The van der Waals surface area contributed by atoms with E-state index in [-0.39, 0.29) is 6.04 Å². The molecule has 5 nitrogen and oxygen atoms in total. The van der Waals surface area contributed by atoms with Gasteiger partial charge in [0.1, 0.15) is 0 Å². The van der Waals surface area contributed by atoms with Crippen LogP contribution < -0.4 is 0 Å². The highest BCUT2D eigenvalue weighted by atomic mass is 16.4. The largest absolute Gasteiger partial charge is 0.481 e. The molecule has 1 aliphatic heterocycles. The van der Waals surface area contributed by atoms with E-state index in [1.54, 1.807) is 6.92 Å². The molecule has 80 valence electrons. The Labute approximate surface area is 83.0 Å². The van der Waals surface area contributed by atoms with E-state index in [1.807, 2.05) is 0 Å². The first kappa shape index (κ1) is 10.9. The van der Waals surface area contributed by atoms with Gasteiger partial charge in [-0.05, 0) is 25.7 Å². The van der Waals surface area contributed by atoms with Crippen LogP contribution in [0.2, 0.25) is 0 Å². The van der Waals surface area contributed by atoms with E-state index in [0.29, 0.717) is 13.0 Å². The number of carboxylic acid groups (broad SMARTS) is 1. The van der Waals surface area contributed by atoms with Gasteiger partial charge in [0.05, 0.1) is 17.2 Å². The first-order valence-corrected chi connectivity index (χ1v) is 4.98. The minimum absolute atomic E-state index is 0.0207. The van der Waals surface area contributed by atoms with Crippen molar-refractivity contribution in [2.24, 2.45) is 11.2 Å². The number of carbonyl (C=O) groups is 1. The summed E-state index contributed by atoms with van der Waals surface area (Å²) in [5.41, 5.74) is 0. The minimum Gasteiger partial charge on any atom is -0.481 e. The van der Waals surface area contributed by atoms with Gasteiger partial charge in [0.2, 0.25) is 0 Å². The van der Waals surface area contributed by atoms with Crippen molar-refractivity contribution in [3.05, 3.63) is 4.91 Å². The van der Waals surface area contributed by atoms with Crippen LogP contribution in [-0.2, 0) is 4.79 Å². The Bertz CT molecular complexity index is 220. The zero-order valence-electron chi connectivity index (χ0n) is 8.35. The number of nitrogens with zero attached hydrogens (tertiary/aromatic N) is 2. The second kappa shape index (κ2) is 4.93. The number of nitroso groups, excluding NO2 is 1. The predicted octanol–water partition coefficient (Wildman–Crippen LogP) is 1.63. The van der Waals surface area contributed by atoms with Crippen LogP contribution in [0.1, 0.15) is 32.6 Å². The predicted molar refractivity (Wildman–Crippen MR) is 51.6 cm³/mol. The first-order valence-electron chi connectivity index (χ1n) is 4.98. The minimum atomic E-state index is -0.804. The van der Waals surface area contributed by atoms with Crippen LogP contribution in [0.4, 0.5) is 0 Å². The van der Waals surface area contributed by atoms with Crippen LogP contribution in [0.5, 0.6) is 0 Å². The van der Waals surface area contributed by atoms with E-state index in [4.69, 9.17) is 5.11 Å². The standard InChI is InChI=1S/C9H16N2O3/c1-7(9(12)13)6-8-4-2-3-5-11(8)10-14/h7-8H,2-6H2,1H3,(H,12,13). The molecule has 1 saturated heterocycles. The van der Waals surface area contributed by atoms with Gasteiger partial charge in [-0.15, -0.1) is 4.91 Å². The van der Waals surface area contributed by atoms with Crippen LogP contribution in [-0.4, -0.2) is 28.7 Å². The fourth-order valence-electron chi connectivity index (χ4n) is 1.84. The highest BCUT2D eigenvalue weighted by Crippen LogP contribution is 2.22. The van der Waals surface area contributed by atoms with Gasteiger partial charge in [-0.3, -0.25) is 9.80 Å². The second-order valence-electron chi connectivity index (χ2n) is 3.87. The number of hydrogen-bond donors (Lipinski definition) is 1. The molecule has 0 aliphatic carbocycles. The number of rotatable bonds is 4. The number of piperidine rings is 1. The molecule has 2 unspecified atom stereocenters. The molecule has 5 heteroatoms. The molecule has 0 aromatic heterocycles. The molecule has 2 atom stereocenters. The smallest absolute Gasteiger partial charge is 0.306 e. The van der Waals surface area contributed by atoms with Crippen molar-refractivity contribution >= 4 is 5.97 Å². The summed E-state index contributed by atoms with van der Waals surface area (Å²) in [6.07, 6.45) is 3.43. The molecular formula is C9H16N2O3. The fraction of sp³-hybridized carbons (Fsp3) is 0.889. The molecule has 1 heterocycles. The summed E-state index contributed by atoms with van der Waals surface area (Å²) in [4.78, 5) is 21.1. The average molecular weight is 200 g/mol. The average Bonchev–Trinajstić information content (AvgIpc) is 2.18. The van der Waals surface area contributed by atoms with Gasteiger partial charge < -0.3 is 5.11 Å². The van der Waals surface area contributed by atoms with Gasteiger partial charge >= 0.3 is 5.97 Å². The van der Waals surface area contributed by atoms with Crippen molar-refractivity contribution in [2.45, 2.75) is 38.6 Å². The maximum atomic E-state index is 10.6. The summed E-state index contributed by atoms with van der Waals surface area (Å²) in [5, 5.41) is 13.2.